The van der Waals surface area contributed by atoms with Crippen molar-refractivity contribution in [2.45, 2.75) is 26.1 Å². The number of hydrogen-bond acceptors (Lipinski definition) is 1. The second kappa shape index (κ2) is 3.61. The number of aliphatic hydroxyl groups is 1. The molecule has 1 nitrogen and oxygen atoms in total. The Morgan fingerprint density at radius 1 is 1.07 bits per heavy atom. The van der Waals surface area contributed by atoms with Crippen LogP contribution in [0.1, 0.15) is 22.8 Å². The van der Waals surface area contributed by atoms with E-state index in [0.29, 0.717) is 11.1 Å². The Morgan fingerprint density at radius 2 is 1.50 bits per heavy atom. The predicted molar refractivity (Wildman–Crippen MR) is 46.9 cm³/mol. The van der Waals surface area contributed by atoms with E-state index in [4.69, 9.17) is 5.11 Å². The third-order valence-electron chi connectivity index (χ3n) is 1.87. The van der Waals surface area contributed by atoms with Crippen LogP contribution in [0.4, 0.5) is 13.2 Å². The molecule has 1 atom stereocenters. The van der Waals surface area contributed by atoms with Crippen LogP contribution >= 0.6 is 0 Å². The summed E-state index contributed by atoms with van der Waals surface area (Å²) in [6, 6.07) is 4.43. The molecule has 78 valence electrons. The quantitative estimate of drug-likeness (QED) is 0.745. The summed E-state index contributed by atoms with van der Waals surface area (Å²) >= 11 is 0. The lowest BCUT2D eigenvalue weighted by molar-refractivity contribution is -0.206. The molecule has 0 heterocycles. The van der Waals surface area contributed by atoms with Gasteiger partial charge in [-0.3, -0.25) is 0 Å². The van der Waals surface area contributed by atoms with Gasteiger partial charge in [0, 0.05) is 0 Å². The van der Waals surface area contributed by atoms with Gasteiger partial charge in [0.05, 0.1) is 0 Å². The highest BCUT2D eigenvalue weighted by Gasteiger charge is 2.39. The SMILES string of the molecule is Cc1cc(C)cc([C@H](O)C(F)(F)F)c1. The monoisotopic (exact) mass is 204 g/mol. The Bertz CT molecular complexity index is 310. The minimum atomic E-state index is -4.60. The van der Waals surface area contributed by atoms with Crippen molar-refractivity contribution in [2.75, 3.05) is 0 Å². The van der Waals surface area contributed by atoms with Gasteiger partial charge in [0.25, 0.3) is 0 Å². The van der Waals surface area contributed by atoms with Gasteiger partial charge in [0.1, 0.15) is 0 Å². The van der Waals surface area contributed by atoms with Gasteiger partial charge >= 0.3 is 6.18 Å². The Balaban J connectivity index is 3.07. The zero-order valence-electron chi connectivity index (χ0n) is 7.89. The Hall–Kier alpha value is -1.03. The number of benzene rings is 1. The average Bonchev–Trinajstić information content (AvgIpc) is 1.99. The van der Waals surface area contributed by atoms with Gasteiger partial charge in [-0.1, -0.05) is 29.3 Å². The molecule has 0 radical (unpaired) electrons. The van der Waals surface area contributed by atoms with E-state index in [1.54, 1.807) is 19.9 Å². The summed E-state index contributed by atoms with van der Waals surface area (Å²) in [5.74, 6) is 0. The van der Waals surface area contributed by atoms with E-state index in [1.807, 2.05) is 0 Å². The molecule has 0 aliphatic rings. The van der Waals surface area contributed by atoms with Crippen molar-refractivity contribution in [3.05, 3.63) is 34.9 Å². The van der Waals surface area contributed by atoms with Gasteiger partial charge in [-0.15, -0.1) is 0 Å². The van der Waals surface area contributed by atoms with Gasteiger partial charge in [0.2, 0.25) is 0 Å². The molecule has 14 heavy (non-hydrogen) atoms. The maximum absolute atomic E-state index is 12.1. The van der Waals surface area contributed by atoms with Crippen molar-refractivity contribution in [1.82, 2.24) is 0 Å². The third-order valence-corrected chi connectivity index (χ3v) is 1.87. The molecule has 1 rings (SSSR count). The summed E-state index contributed by atoms with van der Waals surface area (Å²) < 4.78 is 36.4. The number of rotatable bonds is 1. The van der Waals surface area contributed by atoms with Crippen molar-refractivity contribution in [3.63, 3.8) is 0 Å². The number of alkyl halides is 3. The van der Waals surface area contributed by atoms with Gasteiger partial charge in [-0.05, 0) is 19.4 Å². The number of halogens is 3. The Kier molecular flexibility index (Phi) is 2.85. The van der Waals surface area contributed by atoms with Crippen molar-refractivity contribution >= 4 is 0 Å². The van der Waals surface area contributed by atoms with Crippen LogP contribution in [0.3, 0.4) is 0 Å². The fraction of sp³-hybridized carbons (Fsp3) is 0.400. The average molecular weight is 204 g/mol. The van der Waals surface area contributed by atoms with E-state index < -0.39 is 12.3 Å². The highest BCUT2D eigenvalue weighted by atomic mass is 19.4. The van der Waals surface area contributed by atoms with E-state index in [2.05, 4.69) is 0 Å². The molecule has 4 heteroatoms. The molecule has 0 fully saturated rings. The van der Waals surface area contributed by atoms with Gasteiger partial charge in [0.15, 0.2) is 6.10 Å². The van der Waals surface area contributed by atoms with Crippen LogP contribution in [0.15, 0.2) is 18.2 Å². The molecular formula is C10H11F3O. The summed E-state index contributed by atoms with van der Waals surface area (Å²) in [7, 11) is 0. The van der Waals surface area contributed by atoms with E-state index >= 15 is 0 Å². The summed E-state index contributed by atoms with van der Waals surface area (Å²) in [4.78, 5) is 0. The highest BCUT2D eigenvalue weighted by Crippen LogP contribution is 2.32. The van der Waals surface area contributed by atoms with Crippen molar-refractivity contribution in [1.29, 1.82) is 0 Å². The van der Waals surface area contributed by atoms with Crippen LogP contribution in [-0.4, -0.2) is 11.3 Å². The van der Waals surface area contributed by atoms with Crippen LogP contribution < -0.4 is 0 Å². The molecular weight excluding hydrogens is 193 g/mol. The first-order valence-corrected chi connectivity index (χ1v) is 4.13. The first kappa shape index (κ1) is 11.0. The fourth-order valence-electron chi connectivity index (χ4n) is 1.36. The lowest BCUT2D eigenvalue weighted by Crippen LogP contribution is -2.20. The minimum absolute atomic E-state index is 0.102. The number of hydrogen-bond donors (Lipinski definition) is 1. The molecule has 1 N–H and O–H groups in total. The molecule has 0 aromatic heterocycles. The van der Waals surface area contributed by atoms with E-state index in [0.717, 1.165) is 0 Å². The molecule has 0 aliphatic heterocycles. The van der Waals surface area contributed by atoms with E-state index in [1.165, 1.54) is 12.1 Å². The number of aliphatic hydroxyl groups excluding tert-OH is 1. The molecule has 0 saturated heterocycles. The predicted octanol–water partition coefficient (Wildman–Crippen LogP) is 2.90. The maximum Gasteiger partial charge on any atom is 0.418 e. The summed E-state index contributed by atoms with van der Waals surface area (Å²) in [5.41, 5.74) is 1.32. The summed E-state index contributed by atoms with van der Waals surface area (Å²) in [6.07, 6.45) is -6.98. The molecule has 0 unspecified atom stereocenters. The molecule has 0 bridgehead atoms. The minimum Gasteiger partial charge on any atom is -0.379 e. The molecule has 0 saturated carbocycles. The van der Waals surface area contributed by atoms with Crippen molar-refractivity contribution in [2.24, 2.45) is 0 Å². The highest BCUT2D eigenvalue weighted by molar-refractivity contribution is 5.30. The largest absolute Gasteiger partial charge is 0.418 e. The van der Waals surface area contributed by atoms with Gasteiger partial charge in [-0.2, -0.15) is 13.2 Å². The van der Waals surface area contributed by atoms with Crippen LogP contribution in [0.5, 0.6) is 0 Å². The lowest BCUT2D eigenvalue weighted by atomic mass is 10.0. The van der Waals surface area contributed by atoms with Crippen LogP contribution in [0, 0.1) is 13.8 Å². The molecule has 1 aromatic rings. The van der Waals surface area contributed by atoms with E-state index in [-0.39, 0.29) is 5.56 Å². The van der Waals surface area contributed by atoms with Crippen molar-refractivity contribution in [3.8, 4) is 0 Å². The molecule has 0 amide bonds. The second-order valence-corrected chi connectivity index (χ2v) is 3.37. The summed E-state index contributed by atoms with van der Waals surface area (Å²) in [6.45, 7) is 3.39. The van der Waals surface area contributed by atoms with E-state index in [9.17, 15) is 13.2 Å². The van der Waals surface area contributed by atoms with Gasteiger partial charge in [-0.25, -0.2) is 0 Å². The molecule has 0 spiro atoms. The Labute approximate surface area is 80.2 Å². The van der Waals surface area contributed by atoms with Gasteiger partial charge < -0.3 is 5.11 Å². The van der Waals surface area contributed by atoms with Crippen LogP contribution in [0.2, 0.25) is 0 Å². The fourth-order valence-corrected chi connectivity index (χ4v) is 1.36. The zero-order valence-corrected chi connectivity index (χ0v) is 7.89. The molecule has 1 aromatic carbocycles. The standard InChI is InChI=1S/C10H11F3O/c1-6-3-7(2)5-8(4-6)9(14)10(11,12)13/h3-5,9,14H,1-2H3/t9-/m0/s1. The van der Waals surface area contributed by atoms with Crippen molar-refractivity contribution < 1.29 is 18.3 Å². The number of aryl methyl sites for hydroxylation is 2. The van der Waals surface area contributed by atoms with Crippen LogP contribution in [0.25, 0.3) is 0 Å². The maximum atomic E-state index is 12.1. The zero-order chi connectivity index (χ0) is 10.9. The first-order valence-electron chi connectivity index (χ1n) is 4.13. The normalized spacial score (nSPS) is 14.1. The lowest BCUT2D eigenvalue weighted by Gasteiger charge is -2.15. The first-order chi connectivity index (χ1) is 6.30. The second-order valence-electron chi connectivity index (χ2n) is 3.37. The van der Waals surface area contributed by atoms with Crippen LogP contribution in [-0.2, 0) is 0 Å². The smallest absolute Gasteiger partial charge is 0.379 e. The molecule has 0 aliphatic carbocycles. The Morgan fingerprint density at radius 3 is 1.86 bits per heavy atom. The third kappa shape index (κ3) is 2.48. The summed E-state index contributed by atoms with van der Waals surface area (Å²) in [5, 5.41) is 8.98. The topological polar surface area (TPSA) is 20.2 Å².